The van der Waals surface area contributed by atoms with E-state index in [-0.39, 0.29) is 5.41 Å². The Balaban J connectivity index is 3.78. The van der Waals surface area contributed by atoms with Gasteiger partial charge in [-0.05, 0) is 17.3 Å². The molecule has 0 radical (unpaired) electrons. The molecule has 0 aliphatic carbocycles. The van der Waals surface area contributed by atoms with Crippen molar-refractivity contribution in [1.82, 2.24) is 0 Å². The highest BCUT2D eigenvalue weighted by Gasteiger charge is 2.17. The van der Waals surface area contributed by atoms with Crippen LogP contribution in [-0.2, 0) is 10.8 Å². The standard InChI is InChI=1S/C11H24OS/c1-10(2,3)7-8-13(12)9-11(4,5)6/h7-9H2,1-6H3. The average molecular weight is 204 g/mol. The fourth-order valence-corrected chi connectivity index (χ4v) is 2.93. The van der Waals surface area contributed by atoms with Crippen molar-refractivity contribution in [3.63, 3.8) is 0 Å². The molecule has 0 aliphatic heterocycles. The third-order valence-electron chi connectivity index (χ3n) is 1.67. The van der Waals surface area contributed by atoms with Gasteiger partial charge in [-0.3, -0.25) is 4.21 Å². The summed E-state index contributed by atoms with van der Waals surface area (Å²) in [6, 6.07) is 0. The molecule has 0 spiro atoms. The first-order valence-corrected chi connectivity index (χ1v) is 6.44. The van der Waals surface area contributed by atoms with Crippen LogP contribution in [0.25, 0.3) is 0 Å². The Hall–Kier alpha value is 0.150. The lowest BCUT2D eigenvalue weighted by Crippen LogP contribution is -2.20. The second-order valence-electron chi connectivity index (χ2n) is 6.16. The van der Waals surface area contributed by atoms with Crippen LogP contribution in [0, 0.1) is 10.8 Å². The molecule has 1 unspecified atom stereocenters. The van der Waals surface area contributed by atoms with Gasteiger partial charge in [-0.2, -0.15) is 0 Å². The van der Waals surface area contributed by atoms with Gasteiger partial charge in [-0.15, -0.1) is 0 Å². The molecule has 0 aromatic carbocycles. The van der Waals surface area contributed by atoms with Crippen molar-refractivity contribution in [2.45, 2.75) is 48.0 Å². The van der Waals surface area contributed by atoms with Crippen LogP contribution < -0.4 is 0 Å². The summed E-state index contributed by atoms with van der Waals surface area (Å²) >= 11 is 0. The lowest BCUT2D eigenvalue weighted by atomic mass is 9.94. The minimum atomic E-state index is -0.636. The van der Waals surface area contributed by atoms with Crippen LogP contribution in [0.1, 0.15) is 48.0 Å². The lowest BCUT2D eigenvalue weighted by Gasteiger charge is -2.20. The van der Waals surface area contributed by atoms with Crippen LogP contribution >= 0.6 is 0 Å². The Morgan fingerprint density at radius 3 is 1.69 bits per heavy atom. The quantitative estimate of drug-likeness (QED) is 0.690. The van der Waals surface area contributed by atoms with Crippen LogP contribution in [-0.4, -0.2) is 15.7 Å². The van der Waals surface area contributed by atoms with Crippen molar-refractivity contribution < 1.29 is 4.21 Å². The first-order chi connectivity index (χ1) is 5.60. The summed E-state index contributed by atoms with van der Waals surface area (Å²) < 4.78 is 11.6. The average Bonchev–Trinajstić information content (AvgIpc) is 1.78. The van der Waals surface area contributed by atoms with Crippen molar-refractivity contribution in [3.8, 4) is 0 Å². The monoisotopic (exact) mass is 204 g/mol. The molecule has 0 aromatic rings. The molecule has 80 valence electrons. The Morgan fingerprint density at radius 1 is 0.923 bits per heavy atom. The van der Waals surface area contributed by atoms with Crippen molar-refractivity contribution in [2.75, 3.05) is 11.5 Å². The zero-order valence-corrected chi connectivity index (χ0v) is 10.8. The molecule has 0 aliphatic rings. The molecule has 0 amide bonds. The molecule has 0 rings (SSSR count). The fourth-order valence-electron chi connectivity index (χ4n) is 0.975. The van der Waals surface area contributed by atoms with E-state index in [1.807, 2.05) is 0 Å². The molecule has 2 heteroatoms. The second kappa shape index (κ2) is 4.59. The van der Waals surface area contributed by atoms with Gasteiger partial charge in [0.05, 0.1) is 0 Å². The van der Waals surface area contributed by atoms with E-state index in [4.69, 9.17) is 0 Å². The molecule has 0 aromatic heterocycles. The van der Waals surface area contributed by atoms with Gasteiger partial charge in [0.25, 0.3) is 0 Å². The predicted molar refractivity (Wildman–Crippen MR) is 61.4 cm³/mol. The van der Waals surface area contributed by atoms with E-state index < -0.39 is 10.8 Å². The second-order valence-corrected chi connectivity index (χ2v) is 7.74. The third-order valence-corrected chi connectivity index (χ3v) is 3.52. The van der Waals surface area contributed by atoms with Crippen LogP contribution in [0.4, 0.5) is 0 Å². The summed E-state index contributed by atoms with van der Waals surface area (Å²) in [6.45, 7) is 13.0. The van der Waals surface area contributed by atoms with E-state index >= 15 is 0 Å². The van der Waals surface area contributed by atoms with Gasteiger partial charge in [-0.1, -0.05) is 41.5 Å². The minimum absolute atomic E-state index is 0.197. The highest BCUT2D eigenvalue weighted by atomic mass is 32.2. The predicted octanol–water partition coefficient (Wildman–Crippen LogP) is 3.22. The summed E-state index contributed by atoms with van der Waals surface area (Å²) in [5, 5.41) is 0. The summed E-state index contributed by atoms with van der Waals surface area (Å²) in [5.74, 6) is 1.67. The van der Waals surface area contributed by atoms with Gasteiger partial charge in [-0.25, -0.2) is 0 Å². The van der Waals surface area contributed by atoms with Crippen LogP contribution in [0.15, 0.2) is 0 Å². The maximum absolute atomic E-state index is 11.6. The Morgan fingerprint density at radius 2 is 1.38 bits per heavy atom. The summed E-state index contributed by atoms with van der Waals surface area (Å²) in [7, 11) is -0.636. The first kappa shape index (κ1) is 13.2. The molecule has 1 nitrogen and oxygen atoms in total. The van der Waals surface area contributed by atoms with Gasteiger partial charge in [0, 0.05) is 22.3 Å². The zero-order valence-electron chi connectivity index (χ0n) is 9.94. The fraction of sp³-hybridized carbons (Fsp3) is 1.00. The molecule has 0 saturated heterocycles. The van der Waals surface area contributed by atoms with Gasteiger partial charge in [0.15, 0.2) is 0 Å². The molecule has 0 fully saturated rings. The van der Waals surface area contributed by atoms with Gasteiger partial charge >= 0.3 is 0 Å². The molecular weight excluding hydrogens is 180 g/mol. The van der Waals surface area contributed by atoms with Crippen LogP contribution in [0.5, 0.6) is 0 Å². The lowest BCUT2D eigenvalue weighted by molar-refractivity contribution is 0.398. The number of rotatable bonds is 3. The van der Waals surface area contributed by atoms with Crippen LogP contribution in [0.2, 0.25) is 0 Å². The topological polar surface area (TPSA) is 17.1 Å². The Labute approximate surface area is 85.8 Å². The van der Waals surface area contributed by atoms with Crippen molar-refractivity contribution >= 4 is 10.8 Å². The summed E-state index contributed by atoms with van der Waals surface area (Å²) in [6.07, 6.45) is 1.05. The largest absolute Gasteiger partial charge is 0.260 e. The van der Waals surface area contributed by atoms with Gasteiger partial charge in [0.2, 0.25) is 0 Å². The van der Waals surface area contributed by atoms with Crippen molar-refractivity contribution in [3.05, 3.63) is 0 Å². The van der Waals surface area contributed by atoms with E-state index in [0.717, 1.165) is 17.9 Å². The highest BCUT2D eigenvalue weighted by molar-refractivity contribution is 7.85. The maximum atomic E-state index is 11.6. The van der Waals surface area contributed by atoms with E-state index in [1.165, 1.54) is 0 Å². The maximum Gasteiger partial charge on any atom is 0.0283 e. The smallest absolute Gasteiger partial charge is 0.0283 e. The van der Waals surface area contributed by atoms with E-state index in [0.29, 0.717) is 5.41 Å². The summed E-state index contributed by atoms with van der Waals surface area (Å²) in [4.78, 5) is 0. The van der Waals surface area contributed by atoms with E-state index in [2.05, 4.69) is 41.5 Å². The van der Waals surface area contributed by atoms with Gasteiger partial charge in [0.1, 0.15) is 0 Å². The molecule has 13 heavy (non-hydrogen) atoms. The Kier molecular flexibility index (Phi) is 4.64. The van der Waals surface area contributed by atoms with E-state index in [1.54, 1.807) is 0 Å². The zero-order chi connectivity index (χ0) is 10.7. The third kappa shape index (κ3) is 10.1. The first-order valence-electron chi connectivity index (χ1n) is 4.95. The highest BCUT2D eigenvalue weighted by Crippen LogP contribution is 2.21. The van der Waals surface area contributed by atoms with Crippen molar-refractivity contribution in [2.24, 2.45) is 10.8 Å². The molecular formula is C11H24OS. The SMILES string of the molecule is CC(C)(C)CCS(=O)CC(C)(C)C. The number of hydrogen-bond acceptors (Lipinski definition) is 1. The van der Waals surface area contributed by atoms with Gasteiger partial charge < -0.3 is 0 Å². The Bertz CT molecular complexity index is 172. The van der Waals surface area contributed by atoms with E-state index in [9.17, 15) is 4.21 Å². The number of hydrogen-bond donors (Lipinski definition) is 0. The van der Waals surface area contributed by atoms with Crippen LogP contribution in [0.3, 0.4) is 0 Å². The molecule has 0 bridgehead atoms. The molecule has 0 heterocycles. The molecule has 0 saturated carbocycles. The molecule has 0 N–H and O–H groups in total. The van der Waals surface area contributed by atoms with Crippen molar-refractivity contribution in [1.29, 1.82) is 0 Å². The summed E-state index contributed by atoms with van der Waals surface area (Å²) in [5.41, 5.74) is 0.510. The minimum Gasteiger partial charge on any atom is -0.260 e. The molecule has 1 atom stereocenters. The normalized spacial score (nSPS) is 15.8.